The molecule has 1 aromatic rings. The topological polar surface area (TPSA) is 32.8 Å². The van der Waals surface area contributed by atoms with Gasteiger partial charge in [-0.2, -0.15) is 0 Å². The Kier molecular flexibility index (Phi) is 5.83. The van der Waals surface area contributed by atoms with Crippen molar-refractivity contribution in [1.82, 2.24) is 9.80 Å². The van der Waals surface area contributed by atoms with Gasteiger partial charge in [-0.1, -0.05) is 36.4 Å². The Bertz CT molecular complexity index is 522. The van der Waals surface area contributed by atoms with Gasteiger partial charge in [0, 0.05) is 26.2 Å². The molecule has 0 bridgehead atoms. The molecule has 0 unspecified atom stereocenters. The quantitative estimate of drug-likeness (QED) is 0.794. The standard InChI is InChI=1S/C19H28N2O2/c1-5-9-17-15-20(14-16-10-7-6-8-11-16)12-13-21(17)18(22)23-19(2,3)4/h5-8,10-11,17H,1,9,12-15H2,2-4H3/t17-/m0/s1. The summed E-state index contributed by atoms with van der Waals surface area (Å²) in [6, 6.07) is 10.6. The van der Waals surface area contributed by atoms with Gasteiger partial charge in [0.05, 0.1) is 6.04 Å². The van der Waals surface area contributed by atoms with Crippen LogP contribution >= 0.6 is 0 Å². The molecule has 1 heterocycles. The Morgan fingerprint density at radius 3 is 2.61 bits per heavy atom. The smallest absolute Gasteiger partial charge is 0.410 e. The minimum atomic E-state index is -0.461. The van der Waals surface area contributed by atoms with Crippen LogP contribution in [0, 0.1) is 0 Å². The maximum Gasteiger partial charge on any atom is 0.410 e. The summed E-state index contributed by atoms with van der Waals surface area (Å²) in [5.41, 5.74) is 0.840. The highest BCUT2D eigenvalue weighted by molar-refractivity contribution is 5.68. The van der Waals surface area contributed by atoms with Crippen molar-refractivity contribution in [3.8, 4) is 0 Å². The molecule has 1 fully saturated rings. The van der Waals surface area contributed by atoms with Crippen LogP contribution in [0.2, 0.25) is 0 Å². The number of ether oxygens (including phenoxy) is 1. The molecule has 0 spiro atoms. The monoisotopic (exact) mass is 316 g/mol. The fraction of sp³-hybridized carbons (Fsp3) is 0.526. The first-order chi connectivity index (χ1) is 10.9. The van der Waals surface area contributed by atoms with E-state index in [-0.39, 0.29) is 12.1 Å². The molecule has 0 aromatic heterocycles. The second-order valence-corrected chi connectivity index (χ2v) is 7.07. The largest absolute Gasteiger partial charge is 0.444 e. The van der Waals surface area contributed by atoms with Crippen molar-refractivity contribution in [2.75, 3.05) is 19.6 Å². The first-order valence-electron chi connectivity index (χ1n) is 8.26. The number of amides is 1. The fourth-order valence-electron chi connectivity index (χ4n) is 2.86. The Hall–Kier alpha value is -1.81. The highest BCUT2D eigenvalue weighted by atomic mass is 16.6. The van der Waals surface area contributed by atoms with Gasteiger partial charge in [0.2, 0.25) is 0 Å². The molecular formula is C19H28N2O2. The zero-order valence-corrected chi connectivity index (χ0v) is 14.5. The van der Waals surface area contributed by atoms with E-state index >= 15 is 0 Å². The molecule has 23 heavy (non-hydrogen) atoms. The minimum absolute atomic E-state index is 0.125. The van der Waals surface area contributed by atoms with Crippen LogP contribution < -0.4 is 0 Å². The van der Waals surface area contributed by atoms with Crippen LogP contribution in [-0.2, 0) is 11.3 Å². The molecule has 1 aromatic carbocycles. The van der Waals surface area contributed by atoms with Crippen molar-refractivity contribution in [1.29, 1.82) is 0 Å². The van der Waals surface area contributed by atoms with E-state index in [0.717, 1.165) is 26.1 Å². The zero-order chi connectivity index (χ0) is 16.9. The molecule has 1 aliphatic heterocycles. The molecule has 1 atom stereocenters. The van der Waals surface area contributed by atoms with E-state index in [0.29, 0.717) is 6.54 Å². The number of carbonyl (C=O) groups is 1. The summed E-state index contributed by atoms with van der Waals surface area (Å²) in [7, 11) is 0. The molecule has 126 valence electrons. The summed E-state index contributed by atoms with van der Waals surface area (Å²) in [5, 5.41) is 0. The summed E-state index contributed by atoms with van der Waals surface area (Å²) in [4.78, 5) is 16.7. The fourth-order valence-corrected chi connectivity index (χ4v) is 2.86. The second kappa shape index (κ2) is 7.64. The van der Waals surface area contributed by atoms with Gasteiger partial charge in [-0.05, 0) is 32.8 Å². The molecule has 4 heteroatoms. The number of hydrogen-bond acceptors (Lipinski definition) is 3. The van der Waals surface area contributed by atoms with E-state index in [1.165, 1.54) is 5.56 Å². The van der Waals surface area contributed by atoms with Crippen LogP contribution in [0.15, 0.2) is 43.0 Å². The SMILES string of the molecule is C=CC[C@H]1CN(Cc2ccccc2)CCN1C(=O)OC(C)(C)C. The third kappa shape index (κ3) is 5.39. The zero-order valence-electron chi connectivity index (χ0n) is 14.5. The van der Waals surface area contributed by atoms with Crippen molar-refractivity contribution in [2.24, 2.45) is 0 Å². The van der Waals surface area contributed by atoms with Crippen LogP contribution in [0.25, 0.3) is 0 Å². The van der Waals surface area contributed by atoms with Crippen molar-refractivity contribution in [3.63, 3.8) is 0 Å². The number of rotatable bonds is 4. The van der Waals surface area contributed by atoms with Crippen molar-refractivity contribution >= 4 is 6.09 Å². The van der Waals surface area contributed by atoms with Crippen LogP contribution in [0.4, 0.5) is 4.79 Å². The molecule has 4 nitrogen and oxygen atoms in total. The minimum Gasteiger partial charge on any atom is -0.444 e. The Morgan fingerprint density at radius 1 is 1.30 bits per heavy atom. The molecule has 0 N–H and O–H groups in total. The third-order valence-corrected chi connectivity index (χ3v) is 3.88. The van der Waals surface area contributed by atoms with E-state index in [9.17, 15) is 4.79 Å². The van der Waals surface area contributed by atoms with Crippen molar-refractivity contribution < 1.29 is 9.53 Å². The number of piperazine rings is 1. The number of benzene rings is 1. The summed E-state index contributed by atoms with van der Waals surface area (Å²) < 4.78 is 5.54. The summed E-state index contributed by atoms with van der Waals surface area (Å²) in [6.07, 6.45) is 2.45. The molecule has 2 rings (SSSR count). The van der Waals surface area contributed by atoms with Gasteiger partial charge in [-0.15, -0.1) is 6.58 Å². The lowest BCUT2D eigenvalue weighted by Gasteiger charge is -2.41. The second-order valence-electron chi connectivity index (χ2n) is 7.07. The van der Waals surface area contributed by atoms with Gasteiger partial charge in [0.15, 0.2) is 0 Å². The maximum absolute atomic E-state index is 12.4. The lowest BCUT2D eigenvalue weighted by Crippen LogP contribution is -2.55. The molecular weight excluding hydrogens is 288 g/mol. The normalized spacial score (nSPS) is 19.4. The third-order valence-electron chi connectivity index (χ3n) is 3.88. The van der Waals surface area contributed by atoms with Crippen LogP contribution in [0.1, 0.15) is 32.8 Å². The first kappa shape index (κ1) is 17.5. The van der Waals surface area contributed by atoms with E-state index in [4.69, 9.17) is 4.74 Å². The van der Waals surface area contributed by atoms with Gasteiger partial charge in [-0.25, -0.2) is 4.79 Å². The van der Waals surface area contributed by atoms with E-state index in [1.54, 1.807) is 0 Å². The van der Waals surface area contributed by atoms with Gasteiger partial charge >= 0.3 is 6.09 Å². The molecule has 1 saturated heterocycles. The summed E-state index contributed by atoms with van der Waals surface area (Å²) in [5.74, 6) is 0. The summed E-state index contributed by atoms with van der Waals surface area (Å²) >= 11 is 0. The predicted octanol–water partition coefficient (Wildman–Crippen LogP) is 3.68. The molecule has 0 aliphatic carbocycles. The van der Waals surface area contributed by atoms with E-state index < -0.39 is 5.60 Å². The van der Waals surface area contributed by atoms with Crippen LogP contribution in [0.5, 0.6) is 0 Å². The average Bonchev–Trinajstić information content (AvgIpc) is 2.47. The molecule has 1 amide bonds. The first-order valence-corrected chi connectivity index (χ1v) is 8.26. The molecule has 0 saturated carbocycles. The van der Waals surface area contributed by atoms with Gasteiger partial charge < -0.3 is 9.64 Å². The van der Waals surface area contributed by atoms with Gasteiger partial charge in [-0.3, -0.25) is 4.90 Å². The highest BCUT2D eigenvalue weighted by Crippen LogP contribution is 2.19. The van der Waals surface area contributed by atoms with Crippen molar-refractivity contribution in [3.05, 3.63) is 48.6 Å². The summed E-state index contributed by atoms with van der Waals surface area (Å²) in [6.45, 7) is 12.9. The van der Waals surface area contributed by atoms with E-state index in [1.807, 2.05) is 37.8 Å². The van der Waals surface area contributed by atoms with Crippen molar-refractivity contribution in [2.45, 2.75) is 45.4 Å². The maximum atomic E-state index is 12.4. The lowest BCUT2D eigenvalue weighted by molar-refractivity contribution is -0.00191. The van der Waals surface area contributed by atoms with Crippen LogP contribution in [-0.4, -0.2) is 47.2 Å². The Morgan fingerprint density at radius 2 is 2.00 bits per heavy atom. The average molecular weight is 316 g/mol. The number of hydrogen-bond donors (Lipinski definition) is 0. The van der Waals surface area contributed by atoms with Gasteiger partial charge in [0.1, 0.15) is 5.60 Å². The number of nitrogens with zero attached hydrogens (tertiary/aromatic N) is 2. The number of carbonyl (C=O) groups excluding carboxylic acids is 1. The predicted molar refractivity (Wildman–Crippen MR) is 93.3 cm³/mol. The van der Waals surface area contributed by atoms with E-state index in [2.05, 4.69) is 35.7 Å². The highest BCUT2D eigenvalue weighted by Gasteiger charge is 2.32. The van der Waals surface area contributed by atoms with Gasteiger partial charge in [0.25, 0.3) is 0 Å². The Balaban J connectivity index is 1.99. The van der Waals surface area contributed by atoms with Crippen LogP contribution in [0.3, 0.4) is 0 Å². The molecule has 0 radical (unpaired) electrons. The molecule has 1 aliphatic rings. The Labute approximate surface area is 139 Å². The lowest BCUT2D eigenvalue weighted by atomic mass is 10.1.